The Labute approximate surface area is 152 Å². The fourth-order valence-corrected chi connectivity index (χ4v) is 2.82. The van der Waals surface area contributed by atoms with Crippen molar-refractivity contribution >= 4 is 18.0 Å². The molecule has 1 atom stereocenters. The van der Waals surface area contributed by atoms with Crippen LogP contribution < -0.4 is 0 Å². The van der Waals surface area contributed by atoms with Crippen LogP contribution in [0.15, 0.2) is 30.3 Å². The van der Waals surface area contributed by atoms with E-state index in [4.69, 9.17) is 14.6 Å². The topological polar surface area (TPSA) is 96.4 Å². The molecule has 8 heteroatoms. The predicted molar refractivity (Wildman–Crippen MR) is 92.0 cm³/mol. The molecule has 8 nitrogen and oxygen atoms in total. The Balaban J connectivity index is 1.95. The van der Waals surface area contributed by atoms with E-state index < -0.39 is 18.1 Å². The number of ether oxygens (including phenoxy) is 2. The number of hydrogen-bond acceptors (Lipinski definition) is 6. The first-order valence-corrected chi connectivity index (χ1v) is 8.50. The second-order valence-electron chi connectivity index (χ2n) is 5.92. The van der Waals surface area contributed by atoms with E-state index in [0.717, 1.165) is 5.56 Å². The summed E-state index contributed by atoms with van der Waals surface area (Å²) in [6.07, 6.45) is -0.323. The van der Waals surface area contributed by atoms with Gasteiger partial charge in [-0.05, 0) is 5.56 Å². The van der Waals surface area contributed by atoms with Gasteiger partial charge in [0.05, 0.1) is 7.11 Å². The van der Waals surface area contributed by atoms with Crippen molar-refractivity contribution in [2.24, 2.45) is 0 Å². The molecule has 1 fully saturated rings. The molecule has 0 spiro atoms. The van der Waals surface area contributed by atoms with E-state index in [1.54, 1.807) is 0 Å². The molecule has 1 aliphatic heterocycles. The van der Waals surface area contributed by atoms with Crippen LogP contribution in [0.3, 0.4) is 0 Å². The number of hydrogen-bond donors (Lipinski definition) is 1. The first kappa shape index (κ1) is 19.7. The molecule has 1 aromatic carbocycles. The van der Waals surface area contributed by atoms with Gasteiger partial charge < -0.3 is 24.4 Å². The van der Waals surface area contributed by atoms with E-state index >= 15 is 0 Å². The lowest BCUT2D eigenvalue weighted by atomic mass is 10.1. The Morgan fingerprint density at radius 1 is 1.19 bits per heavy atom. The molecular weight excluding hydrogens is 340 g/mol. The Kier molecular flexibility index (Phi) is 7.40. The summed E-state index contributed by atoms with van der Waals surface area (Å²) in [5, 5.41) is 9.16. The van der Waals surface area contributed by atoms with Gasteiger partial charge in [0, 0.05) is 39.1 Å². The summed E-state index contributed by atoms with van der Waals surface area (Å²) in [6, 6.07) is 8.47. The number of esters is 1. The van der Waals surface area contributed by atoms with Gasteiger partial charge in [-0.2, -0.15) is 0 Å². The smallest absolute Gasteiger partial charge is 0.410 e. The molecule has 0 aliphatic carbocycles. The van der Waals surface area contributed by atoms with Crippen molar-refractivity contribution in [2.45, 2.75) is 25.5 Å². The van der Waals surface area contributed by atoms with Gasteiger partial charge >= 0.3 is 12.1 Å². The standard InChI is InChI=1S/C18H24N2O6/c1-25-17(23)15(8-12-21)20-11-10-19(9-7-16(20)22)18(24)26-13-14-5-3-2-4-6-14/h2-6,15,21H,7-13H2,1H3. The van der Waals surface area contributed by atoms with E-state index in [0.29, 0.717) is 0 Å². The fraction of sp³-hybridized carbons (Fsp3) is 0.500. The molecule has 0 bridgehead atoms. The summed E-state index contributed by atoms with van der Waals surface area (Å²) in [5.41, 5.74) is 0.877. The molecule has 1 N–H and O–H groups in total. The second kappa shape index (κ2) is 9.76. The van der Waals surface area contributed by atoms with E-state index in [9.17, 15) is 14.4 Å². The Bertz CT molecular complexity index is 621. The lowest BCUT2D eigenvalue weighted by Crippen LogP contribution is -2.47. The Hall–Kier alpha value is -2.61. The van der Waals surface area contributed by atoms with Crippen LogP contribution in [-0.2, 0) is 25.7 Å². The van der Waals surface area contributed by atoms with Crippen LogP contribution >= 0.6 is 0 Å². The van der Waals surface area contributed by atoms with Gasteiger partial charge in [0.15, 0.2) is 0 Å². The number of benzene rings is 1. The third-order valence-corrected chi connectivity index (χ3v) is 4.24. The van der Waals surface area contributed by atoms with Crippen LogP contribution in [0.4, 0.5) is 4.79 Å². The maximum Gasteiger partial charge on any atom is 0.410 e. The lowest BCUT2D eigenvalue weighted by Gasteiger charge is -2.28. The average molecular weight is 364 g/mol. The van der Waals surface area contributed by atoms with Crippen LogP contribution in [0.2, 0.25) is 0 Å². The van der Waals surface area contributed by atoms with Crippen LogP contribution in [0.25, 0.3) is 0 Å². The number of amides is 2. The van der Waals surface area contributed by atoms with Gasteiger partial charge in [0.2, 0.25) is 5.91 Å². The van der Waals surface area contributed by atoms with Gasteiger partial charge in [-0.3, -0.25) is 4.79 Å². The monoisotopic (exact) mass is 364 g/mol. The molecule has 1 heterocycles. The molecule has 1 saturated heterocycles. The minimum absolute atomic E-state index is 0.0827. The van der Waals surface area contributed by atoms with Gasteiger partial charge in [0.1, 0.15) is 12.6 Å². The van der Waals surface area contributed by atoms with Gasteiger partial charge in [-0.25, -0.2) is 9.59 Å². The highest BCUT2D eigenvalue weighted by atomic mass is 16.6. The van der Waals surface area contributed by atoms with Gasteiger partial charge in [-0.15, -0.1) is 0 Å². The van der Waals surface area contributed by atoms with Crippen molar-refractivity contribution in [3.8, 4) is 0 Å². The largest absolute Gasteiger partial charge is 0.467 e. The van der Waals surface area contributed by atoms with Crippen molar-refractivity contribution in [2.75, 3.05) is 33.4 Å². The first-order chi connectivity index (χ1) is 12.6. The lowest BCUT2D eigenvalue weighted by molar-refractivity contribution is -0.153. The molecule has 2 amide bonds. The molecule has 1 aromatic rings. The van der Waals surface area contributed by atoms with Crippen molar-refractivity contribution in [1.82, 2.24) is 9.80 Å². The summed E-state index contributed by atoms with van der Waals surface area (Å²) in [4.78, 5) is 39.3. The highest BCUT2D eigenvalue weighted by Gasteiger charge is 2.33. The van der Waals surface area contributed by atoms with Gasteiger partial charge in [0.25, 0.3) is 0 Å². The van der Waals surface area contributed by atoms with E-state index in [1.165, 1.54) is 16.9 Å². The van der Waals surface area contributed by atoms with Crippen LogP contribution in [0, 0.1) is 0 Å². The zero-order valence-electron chi connectivity index (χ0n) is 14.8. The van der Waals surface area contributed by atoms with Crippen molar-refractivity contribution < 1.29 is 29.0 Å². The molecule has 1 unspecified atom stereocenters. The van der Waals surface area contributed by atoms with Crippen molar-refractivity contribution in [3.05, 3.63) is 35.9 Å². The first-order valence-electron chi connectivity index (χ1n) is 8.50. The zero-order chi connectivity index (χ0) is 18.9. The molecule has 26 heavy (non-hydrogen) atoms. The third-order valence-electron chi connectivity index (χ3n) is 4.24. The quantitative estimate of drug-likeness (QED) is 0.750. The zero-order valence-corrected chi connectivity index (χ0v) is 14.8. The van der Waals surface area contributed by atoms with Crippen LogP contribution in [-0.4, -0.2) is 72.3 Å². The summed E-state index contributed by atoms with van der Waals surface area (Å²) in [7, 11) is 1.24. The number of nitrogens with zero attached hydrogens (tertiary/aromatic N) is 2. The minimum atomic E-state index is -0.849. The van der Waals surface area contributed by atoms with E-state index in [-0.39, 0.29) is 51.6 Å². The molecule has 1 aliphatic rings. The summed E-state index contributed by atoms with van der Waals surface area (Å²) < 4.78 is 10.0. The highest BCUT2D eigenvalue weighted by Crippen LogP contribution is 2.14. The maximum absolute atomic E-state index is 12.4. The highest BCUT2D eigenvalue weighted by molar-refractivity contribution is 5.85. The number of rotatable bonds is 6. The molecule has 0 radical (unpaired) electrons. The predicted octanol–water partition coefficient (Wildman–Crippen LogP) is 0.781. The number of aliphatic hydroxyl groups excluding tert-OH is 1. The molecule has 0 aromatic heterocycles. The average Bonchev–Trinajstić information content (AvgIpc) is 2.86. The Morgan fingerprint density at radius 2 is 1.92 bits per heavy atom. The van der Waals surface area contributed by atoms with E-state index in [1.807, 2.05) is 30.3 Å². The number of carbonyl (C=O) groups is 3. The Morgan fingerprint density at radius 3 is 2.58 bits per heavy atom. The SMILES string of the molecule is COC(=O)C(CCO)N1CCN(C(=O)OCc2ccccc2)CCC1=O. The fourth-order valence-electron chi connectivity index (χ4n) is 2.82. The summed E-state index contributed by atoms with van der Waals surface area (Å²) >= 11 is 0. The minimum Gasteiger partial charge on any atom is -0.467 e. The van der Waals surface area contributed by atoms with E-state index in [2.05, 4.69) is 0 Å². The molecular formula is C18H24N2O6. The summed E-state index contributed by atoms with van der Waals surface area (Å²) in [5.74, 6) is -0.834. The second-order valence-corrected chi connectivity index (χ2v) is 5.92. The van der Waals surface area contributed by atoms with Gasteiger partial charge in [-0.1, -0.05) is 30.3 Å². The van der Waals surface area contributed by atoms with Crippen molar-refractivity contribution in [1.29, 1.82) is 0 Å². The maximum atomic E-state index is 12.4. The van der Waals surface area contributed by atoms with Crippen LogP contribution in [0.5, 0.6) is 0 Å². The van der Waals surface area contributed by atoms with Crippen molar-refractivity contribution in [3.63, 3.8) is 0 Å². The molecule has 2 rings (SSSR count). The normalized spacial score (nSPS) is 16.0. The third kappa shape index (κ3) is 5.19. The number of methoxy groups -OCH3 is 1. The van der Waals surface area contributed by atoms with Crippen LogP contribution in [0.1, 0.15) is 18.4 Å². The number of carbonyl (C=O) groups excluding carboxylic acids is 3. The summed E-state index contributed by atoms with van der Waals surface area (Å²) in [6.45, 7) is 0.558. The molecule has 142 valence electrons. The number of aliphatic hydroxyl groups is 1. The molecule has 0 saturated carbocycles.